The Balaban J connectivity index is 1.57. The molecule has 6 nitrogen and oxygen atoms in total. The van der Waals surface area contributed by atoms with Crippen LogP contribution < -0.4 is 9.47 Å². The molecule has 0 radical (unpaired) electrons. The molecule has 0 saturated carbocycles. The van der Waals surface area contributed by atoms with Gasteiger partial charge >= 0.3 is 5.97 Å². The van der Waals surface area contributed by atoms with Crippen LogP contribution in [0.3, 0.4) is 0 Å². The van der Waals surface area contributed by atoms with Crippen LogP contribution in [0.15, 0.2) is 60.2 Å². The van der Waals surface area contributed by atoms with Gasteiger partial charge in [0.15, 0.2) is 11.5 Å². The quantitative estimate of drug-likeness (QED) is 0.197. The van der Waals surface area contributed by atoms with Gasteiger partial charge in [0.2, 0.25) is 0 Å². The first-order valence-electron chi connectivity index (χ1n) is 9.02. The van der Waals surface area contributed by atoms with Gasteiger partial charge < -0.3 is 9.47 Å². The van der Waals surface area contributed by atoms with E-state index in [0.29, 0.717) is 31.9 Å². The molecule has 9 heteroatoms. The van der Waals surface area contributed by atoms with Crippen molar-refractivity contribution in [2.24, 2.45) is 0 Å². The molecule has 0 aliphatic rings. The second-order valence-electron chi connectivity index (χ2n) is 6.56. The largest absolute Gasteiger partial charge is 0.452 e. The van der Waals surface area contributed by atoms with Crippen molar-refractivity contribution in [3.8, 4) is 17.2 Å². The van der Waals surface area contributed by atoms with Crippen LogP contribution in [-0.4, -0.2) is 21.4 Å². The fourth-order valence-corrected chi connectivity index (χ4v) is 3.37. The molecule has 1 aromatic heterocycles. The number of fused-ring (bicyclic) bond motifs is 1. The van der Waals surface area contributed by atoms with Gasteiger partial charge in [-0.05, 0) is 61.0 Å². The van der Waals surface area contributed by atoms with E-state index in [4.69, 9.17) is 44.3 Å². The summed E-state index contributed by atoms with van der Waals surface area (Å²) in [5.41, 5.74) is 2.59. The van der Waals surface area contributed by atoms with Crippen LogP contribution >= 0.6 is 34.8 Å². The molecule has 31 heavy (non-hydrogen) atoms. The van der Waals surface area contributed by atoms with E-state index in [-0.39, 0.29) is 11.5 Å². The summed E-state index contributed by atoms with van der Waals surface area (Å²) in [7, 11) is 0. The van der Waals surface area contributed by atoms with Gasteiger partial charge in [0.25, 0.3) is 0 Å². The highest BCUT2D eigenvalue weighted by molar-refractivity contribution is 6.35. The lowest BCUT2D eigenvalue weighted by molar-refractivity contribution is -0.130. The third-order valence-corrected chi connectivity index (χ3v) is 5.03. The van der Waals surface area contributed by atoms with Crippen LogP contribution in [0.4, 0.5) is 0 Å². The third-order valence-electron chi connectivity index (χ3n) is 4.27. The Morgan fingerprint density at radius 1 is 0.871 bits per heavy atom. The van der Waals surface area contributed by atoms with Gasteiger partial charge in [-0.2, -0.15) is 15.4 Å². The van der Waals surface area contributed by atoms with Gasteiger partial charge in [-0.3, -0.25) is 0 Å². The third kappa shape index (κ3) is 4.99. The van der Waals surface area contributed by atoms with E-state index in [9.17, 15) is 4.79 Å². The molecular weight excluding hydrogens is 461 g/mol. The van der Waals surface area contributed by atoms with Crippen molar-refractivity contribution in [1.29, 1.82) is 0 Å². The number of aromatic nitrogens is 3. The summed E-state index contributed by atoms with van der Waals surface area (Å²) in [6, 6.07) is 15.0. The van der Waals surface area contributed by atoms with Gasteiger partial charge in [-0.1, -0.05) is 40.9 Å². The topological polar surface area (TPSA) is 77.1 Å². The summed E-state index contributed by atoms with van der Waals surface area (Å²) in [5, 5.41) is 11.8. The normalized spacial score (nSPS) is 11.5. The number of benzene rings is 3. The van der Waals surface area contributed by atoms with Crippen molar-refractivity contribution < 1.29 is 14.3 Å². The number of carbonyl (C=O) groups excluding carboxylic acids is 1. The molecule has 0 aliphatic heterocycles. The average molecular weight is 475 g/mol. The highest BCUT2D eigenvalue weighted by Gasteiger charge is 2.15. The summed E-state index contributed by atoms with van der Waals surface area (Å²) >= 11 is 18.2. The molecule has 0 bridgehead atoms. The molecule has 156 valence electrons. The number of aromatic amines is 1. The molecule has 0 spiro atoms. The first-order chi connectivity index (χ1) is 14.9. The summed E-state index contributed by atoms with van der Waals surface area (Å²) in [6.07, 6.45) is 1.69. The van der Waals surface area contributed by atoms with E-state index >= 15 is 0 Å². The van der Waals surface area contributed by atoms with E-state index < -0.39 is 5.97 Å². The zero-order valence-electron chi connectivity index (χ0n) is 16.0. The lowest BCUT2D eigenvalue weighted by Gasteiger charge is -2.13. The number of rotatable bonds is 5. The molecule has 0 amide bonds. The minimum atomic E-state index is -0.561. The van der Waals surface area contributed by atoms with Gasteiger partial charge in [-0.15, -0.1) is 0 Å². The Kier molecular flexibility index (Phi) is 6.13. The van der Waals surface area contributed by atoms with Crippen molar-refractivity contribution in [1.82, 2.24) is 15.4 Å². The van der Waals surface area contributed by atoms with E-state index in [0.717, 1.165) is 11.1 Å². The molecule has 4 rings (SSSR count). The van der Waals surface area contributed by atoms with Crippen LogP contribution in [0, 0.1) is 0 Å². The molecule has 0 saturated heterocycles. The summed E-state index contributed by atoms with van der Waals surface area (Å²) < 4.78 is 11.4. The first kappa shape index (κ1) is 21.2. The fourth-order valence-electron chi connectivity index (χ4n) is 2.76. The molecule has 0 unspecified atom stereocenters. The molecule has 4 aromatic rings. The maximum Gasteiger partial charge on any atom is 0.339 e. The second-order valence-corrected chi connectivity index (χ2v) is 7.84. The van der Waals surface area contributed by atoms with Gasteiger partial charge in [0.1, 0.15) is 16.8 Å². The van der Waals surface area contributed by atoms with Gasteiger partial charge in [-0.25, -0.2) is 4.79 Å². The summed E-state index contributed by atoms with van der Waals surface area (Å²) in [6.45, 7) is 1.65. The number of nitrogens with one attached hydrogen (secondary N) is 1. The zero-order chi connectivity index (χ0) is 22.0. The van der Waals surface area contributed by atoms with Crippen molar-refractivity contribution in [3.05, 3.63) is 80.8 Å². The monoisotopic (exact) mass is 473 g/mol. The number of carbonyl (C=O) groups is 1. The Morgan fingerprint density at radius 3 is 2.35 bits per heavy atom. The smallest absolute Gasteiger partial charge is 0.339 e. The Hall–Kier alpha value is -3.06. The highest BCUT2D eigenvalue weighted by Crippen LogP contribution is 2.38. The Bertz CT molecular complexity index is 1320. The minimum Gasteiger partial charge on any atom is -0.452 e. The molecular formula is C22H14Cl3N3O3. The number of nitrogens with zero attached hydrogens (tertiary/aromatic N) is 2. The van der Waals surface area contributed by atoms with Gasteiger partial charge in [0.05, 0.1) is 5.02 Å². The van der Waals surface area contributed by atoms with Crippen molar-refractivity contribution in [2.75, 3.05) is 0 Å². The minimum absolute atomic E-state index is 0.156. The number of halogens is 3. The van der Waals surface area contributed by atoms with Crippen molar-refractivity contribution in [3.63, 3.8) is 0 Å². The van der Waals surface area contributed by atoms with Crippen LogP contribution in [0.5, 0.6) is 17.2 Å². The van der Waals surface area contributed by atoms with E-state index in [1.165, 1.54) is 6.07 Å². The van der Waals surface area contributed by atoms with Crippen LogP contribution in [0.25, 0.3) is 17.1 Å². The number of esters is 1. The second kappa shape index (κ2) is 8.98. The van der Waals surface area contributed by atoms with Crippen LogP contribution in [0.1, 0.15) is 12.5 Å². The first-order valence-corrected chi connectivity index (χ1v) is 10.2. The standard InChI is InChI=1S/C22H14Cl3N3O3/c1-12(8-13-2-5-17-18(9-13)27-28-26-17)22(29)31-21-11-15(24)4-7-20(21)30-19-6-3-14(23)10-16(19)25/h2-11H,1H3,(H,26,27,28)/b12-8+. The van der Waals surface area contributed by atoms with Crippen molar-refractivity contribution in [2.45, 2.75) is 6.92 Å². The molecule has 1 heterocycles. The molecule has 3 aromatic carbocycles. The number of H-pyrrole nitrogens is 1. The van der Waals surface area contributed by atoms with E-state index in [1.54, 1.807) is 43.3 Å². The van der Waals surface area contributed by atoms with Gasteiger partial charge in [0, 0.05) is 21.7 Å². The Labute approximate surface area is 192 Å². The maximum atomic E-state index is 12.7. The SMILES string of the molecule is C/C(=C\c1ccc2n[nH]nc2c1)C(=O)Oc1cc(Cl)ccc1Oc1ccc(Cl)cc1Cl. The molecule has 1 N–H and O–H groups in total. The Morgan fingerprint density at radius 2 is 1.58 bits per heavy atom. The summed E-state index contributed by atoms with van der Waals surface area (Å²) in [4.78, 5) is 12.7. The number of ether oxygens (including phenoxy) is 2. The zero-order valence-corrected chi connectivity index (χ0v) is 18.3. The average Bonchev–Trinajstić information content (AvgIpc) is 3.19. The lowest BCUT2D eigenvalue weighted by Crippen LogP contribution is -2.10. The summed E-state index contributed by atoms with van der Waals surface area (Å²) in [5.74, 6) is 0.232. The van der Waals surface area contributed by atoms with E-state index in [1.807, 2.05) is 18.2 Å². The molecule has 0 fully saturated rings. The molecule has 0 aliphatic carbocycles. The van der Waals surface area contributed by atoms with Crippen LogP contribution in [0.2, 0.25) is 15.1 Å². The number of hydrogen-bond acceptors (Lipinski definition) is 5. The maximum absolute atomic E-state index is 12.7. The lowest BCUT2D eigenvalue weighted by atomic mass is 10.1. The van der Waals surface area contributed by atoms with Crippen molar-refractivity contribution >= 4 is 57.9 Å². The number of hydrogen-bond donors (Lipinski definition) is 1. The fraction of sp³-hybridized carbons (Fsp3) is 0.0455. The van der Waals surface area contributed by atoms with E-state index in [2.05, 4.69) is 15.4 Å². The predicted octanol–water partition coefficient (Wildman–Crippen LogP) is 6.72. The predicted molar refractivity (Wildman–Crippen MR) is 121 cm³/mol. The molecule has 0 atom stereocenters. The highest BCUT2D eigenvalue weighted by atomic mass is 35.5. The van der Waals surface area contributed by atoms with Crippen LogP contribution in [-0.2, 0) is 4.79 Å².